The number of halogens is 1. The third-order valence-corrected chi connectivity index (χ3v) is 3.50. The van der Waals surface area contributed by atoms with Crippen LogP contribution in [-0.2, 0) is 0 Å². The summed E-state index contributed by atoms with van der Waals surface area (Å²) in [5.41, 5.74) is 0.145. The number of rotatable bonds is 3. The van der Waals surface area contributed by atoms with Crippen LogP contribution >= 0.6 is 11.6 Å². The number of carboxylic acid groups (broad SMARTS) is 1. The van der Waals surface area contributed by atoms with Crippen LogP contribution in [-0.4, -0.2) is 17.2 Å². The summed E-state index contributed by atoms with van der Waals surface area (Å²) in [7, 11) is 0. The minimum Gasteiger partial charge on any atom is -0.490 e. The van der Waals surface area contributed by atoms with Crippen molar-refractivity contribution in [1.29, 1.82) is 0 Å². The molecule has 18 heavy (non-hydrogen) atoms. The first-order valence-corrected chi connectivity index (χ1v) is 6.74. The third-order valence-electron chi connectivity index (χ3n) is 3.27. The number of ether oxygens (including phenoxy) is 1. The van der Waals surface area contributed by atoms with Gasteiger partial charge in [-0.25, -0.2) is 4.79 Å². The van der Waals surface area contributed by atoms with Crippen molar-refractivity contribution in [2.24, 2.45) is 0 Å². The van der Waals surface area contributed by atoms with Crippen LogP contribution in [0.25, 0.3) is 0 Å². The van der Waals surface area contributed by atoms with Crippen molar-refractivity contribution in [3.63, 3.8) is 0 Å². The van der Waals surface area contributed by atoms with Crippen molar-refractivity contribution >= 4 is 17.6 Å². The van der Waals surface area contributed by atoms with Crippen molar-refractivity contribution < 1.29 is 14.6 Å². The molecule has 0 radical (unpaired) electrons. The lowest BCUT2D eigenvalue weighted by molar-refractivity contribution is 0.0688. The molecule has 0 unspecified atom stereocenters. The molecule has 98 valence electrons. The number of aromatic carboxylic acids is 1. The van der Waals surface area contributed by atoms with E-state index in [4.69, 9.17) is 21.4 Å². The summed E-state index contributed by atoms with van der Waals surface area (Å²) in [6, 6.07) is 4.76. The first-order chi connectivity index (χ1) is 8.66. The normalized spacial score (nSPS) is 17.2. The molecule has 0 atom stereocenters. The Hall–Kier alpha value is -1.22. The highest BCUT2D eigenvalue weighted by atomic mass is 35.5. The van der Waals surface area contributed by atoms with E-state index in [1.165, 1.54) is 18.9 Å². The zero-order valence-electron chi connectivity index (χ0n) is 10.2. The van der Waals surface area contributed by atoms with Crippen molar-refractivity contribution in [3.8, 4) is 5.75 Å². The summed E-state index contributed by atoms with van der Waals surface area (Å²) in [5.74, 6) is -0.570. The monoisotopic (exact) mass is 268 g/mol. The Kier molecular flexibility index (Phi) is 4.48. The van der Waals surface area contributed by atoms with Gasteiger partial charge in [-0.05, 0) is 43.9 Å². The second-order valence-electron chi connectivity index (χ2n) is 4.68. The molecule has 4 heteroatoms. The molecule has 1 fully saturated rings. The fourth-order valence-electron chi connectivity index (χ4n) is 2.31. The number of carboxylic acids is 1. The average Bonchev–Trinajstić information content (AvgIpc) is 2.60. The molecule has 0 heterocycles. The van der Waals surface area contributed by atoms with E-state index in [2.05, 4.69) is 0 Å². The van der Waals surface area contributed by atoms with E-state index in [1.807, 2.05) is 0 Å². The molecule has 1 aromatic carbocycles. The highest BCUT2D eigenvalue weighted by Gasteiger charge is 2.18. The van der Waals surface area contributed by atoms with E-state index in [-0.39, 0.29) is 11.7 Å². The van der Waals surface area contributed by atoms with Crippen molar-refractivity contribution in [1.82, 2.24) is 0 Å². The van der Waals surface area contributed by atoms with E-state index >= 15 is 0 Å². The van der Waals surface area contributed by atoms with Crippen molar-refractivity contribution in [2.45, 2.75) is 44.6 Å². The molecule has 1 saturated carbocycles. The van der Waals surface area contributed by atoms with Crippen LogP contribution in [0.4, 0.5) is 0 Å². The predicted octanol–water partition coefficient (Wildman–Crippen LogP) is 4.14. The lowest BCUT2D eigenvalue weighted by Gasteiger charge is -2.18. The Bertz CT molecular complexity index is 423. The number of carbonyl (C=O) groups is 1. The molecule has 2 rings (SSSR count). The van der Waals surface area contributed by atoms with Gasteiger partial charge in [0.05, 0.1) is 6.10 Å². The van der Waals surface area contributed by atoms with Crippen molar-refractivity contribution in [3.05, 3.63) is 28.8 Å². The lowest BCUT2D eigenvalue weighted by Crippen LogP contribution is -2.17. The van der Waals surface area contributed by atoms with Gasteiger partial charge in [-0.15, -0.1) is 0 Å². The van der Waals surface area contributed by atoms with Crippen LogP contribution in [0.3, 0.4) is 0 Å². The van der Waals surface area contributed by atoms with Gasteiger partial charge < -0.3 is 9.84 Å². The van der Waals surface area contributed by atoms with Gasteiger partial charge >= 0.3 is 5.97 Å². The van der Waals surface area contributed by atoms with Gasteiger partial charge in [0.25, 0.3) is 0 Å². The molecular weight excluding hydrogens is 252 g/mol. The largest absolute Gasteiger partial charge is 0.490 e. The smallest absolute Gasteiger partial charge is 0.339 e. The van der Waals surface area contributed by atoms with E-state index in [1.54, 1.807) is 12.1 Å². The standard InChI is InChI=1S/C14H17ClO3/c15-10-7-8-13(12(9-10)14(16)17)18-11-5-3-1-2-4-6-11/h7-9,11H,1-6H2,(H,16,17). The molecule has 0 saturated heterocycles. The SMILES string of the molecule is O=C(O)c1cc(Cl)ccc1OC1CCCCCC1. The van der Waals surface area contributed by atoms with E-state index in [9.17, 15) is 4.79 Å². The Morgan fingerprint density at radius 3 is 2.50 bits per heavy atom. The maximum absolute atomic E-state index is 11.1. The molecule has 0 aliphatic heterocycles. The molecule has 0 bridgehead atoms. The lowest BCUT2D eigenvalue weighted by atomic mass is 10.1. The van der Waals surface area contributed by atoms with Gasteiger partial charge in [-0.3, -0.25) is 0 Å². The van der Waals surface area contributed by atoms with Gasteiger partial charge in [0.1, 0.15) is 11.3 Å². The molecule has 1 aliphatic carbocycles. The second-order valence-corrected chi connectivity index (χ2v) is 5.11. The summed E-state index contributed by atoms with van der Waals surface area (Å²) in [6.07, 6.45) is 6.93. The molecule has 0 aromatic heterocycles. The number of benzene rings is 1. The zero-order chi connectivity index (χ0) is 13.0. The van der Waals surface area contributed by atoms with E-state index < -0.39 is 5.97 Å². The summed E-state index contributed by atoms with van der Waals surface area (Å²) in [6.45, 7) is 0. The van der Waals surface area contributed by atoms with Crippen LogP contribution in [0.2, 0.25) is 5.02 Å². The fraction of sp³-hybridized carbons (Fsp3) is 0.500. The van der Waals surface area contributed by atoms with Crippen LogP contribution < -0.4 is 4.74 Å². The number of hydrogen-bond acceptors (Lipinski definition) is 2. The minimum atomic E-state index is -0.999. The Labute approximate surface area is 112 Å². The molecule has 3 nitrogen and oxygen atoms in total. The topological polar surface area (TPSA) is 46.5 Å². The molecular formula is C14H17ClO3. The fourth-order valence-corrected chi connectivity index (χ4v) is 2.48. The van der Waals surface area contributed by atoms with Gasteiger partial charge in [0.15, 0.2) is 0 Å². The minimum absolute atomic E-state index is 0.131. The summed E-state index contributed by atoms with van der Waals surface area (Å²) in [5, 5.41) is 9.55. The highest BCUT2D eigenvalue weighted by molar-refractivity contribution is 6.31. The molecule has 1 aliphatic rings. The van der Waals surface area contributed by atoms with E-state index in [0.717, 1.165) is 25.7 Å². The van der Waals surface area contributed by atoms with Crippen LogP contribution in [0.15, 0.2) is 18.2 Å². The predicted molar refractivity (Wildman–Crippen MR) is 70.5 cm³/mol. The maximum atomic E-state index is 11.1. The van der Waals surface area contributed by atoms with Crippen LogP contribution in [0, 0.1) is 0 Å². The zero-order valence-corrected chi connectivity index (χ0v) is 10.9. The quantitative estimate of drug-likeness (QED) is 0.838. The van der Waals surface area contributed by atoms with Crippen molar-refractivity contribution in [2.75, 3.05) is 0 Å². The second kappa shape index (κ2) is 6.10. The first kappa shape index (κ1) is 13.2. The van der Waals surface area contributed by atoms with Gasteiger partial charge in [-0.1, -0.05) is 24.4 Å². The van der Waals surface area contributed by atoms with Crippen LogP contribution in [0.5, 0.6) is 5.75 Å². The summed E-state index contributed by atoms with van der Waals surface area (Å²) < 4.78 is 5.84. The first-order valence-electron chi connectivity index (χ1n) is 6.36. The summed E-state index contributed by atoms with van der Waals surface area (Å²) >= 11 is 5.81. The highest BCUT2D eigenvalue weighted by Crippen LogP contribution is 2.27. The van der Waals surface area contributed by atoms with Gasteiger partial charge in [0, 0.05) is 5.02 Å². The molecule has 1 N–H and O–H groups in total. The van der Waals surface area contributed by atoms with Gasteiger partial charge in [-0.2, -0.15) is 0 Å². The molecule has 0 amide bonds. The molecule has 0 spiro atoms. The number of hydrogen-bond donors (Lipinski definition) is 1. The summed E-state index contributed by atoms with van der Waals surface area (Å²) in [4.78, 5) is 11.1. The average molecular weight is 269 g/mol. The molecule has 1 aromatic rings. The Morgan fingerprint density at radius 2 is 1.89 bits per heavy atom. The Morgan fingerprint density at radius 1 is 1.22 bits per heavy atom. The van der Waals surface area contributed by atoms with Crippen LogP contribution in [0.1, 0.15) is 48.9 Å². The Balaban J connectivity index is 2.14. The maximum Gasteiger partial charge on any atom is 0.339 e. The third kappa shape index (κ3) is 3.39. The van der Waals surface area contributed by atoms with Gasteiger partial charge in [0.2, 0.25) is 0 Å². The van der Waals surface area contributed by atoms with E-state index in [0.29, 0.717) is 10.8 Å².